The lowest BCUT2D eigenvalue weighted by Gasteiger charge is -2.18. The molecule has 1 saturated carbocycles. The number of hydrogen-bond acceptors (Lipinski definition) is 4. The van der Waals surface area contributed by atoms with Crippen LogP contribution in [0.15, 0.2) is 42.5 Å². The second-order valence-electron chi connectivity index (χ2n) is 6.50. The minimum absolute atomic E-state index is 0.0116. The molecule has 1 amide bonds. The molecule has 1 aliphatic carbocycles. The summed E-state index contributed by atoms with van der Waals surface area (Å²) < 4.78 is 19.7. The Bertz CT molecular complexity index is 873. The number of ether oxygens (including phenoxy) is 1. The maximum Gasteiger partial charge on any atom is 0.309 e. The largest absolute Gasteiger partial charge is 0.469 e. The van der Waals surface area contributed by atoms with Gasteiger partial charge in [-0.05, 0) is 25.0 Å². The average Bonchev–Trinajstić information content (AvgIpc) is 3.05. The lowest BCUT2D eigenvalue weighted by Crippen LogP contribution is -2.31. The summed E-state index contributed by atoms with van der Waals surface area (Å²) in [5.74, 6) is -3.24. The third-order valence-electron chi connectivity index (χ3n) is 4.80. The molecule has 2 N–H and O–H groups in total. The van der Waals surface area contributed by atoms with Crippen molar-refractivity contribution in [1.29, 1.82) is 0 Å². The van der Waals surface area contributed by atoms with E-state index in [0.717, 1.165) is 0 Å². The SMILES string of the molecule is COC(=O)[C@@H]1C[C@H](O)C[C@H]1C(=O)Nc1cccc(-c2ccccc2Cl)c1F. The molecule has 0 bridgehead atoms. The molecule has 5 nitrogen and oxygen atoms in total. The van der Waals surface area contributed by atoms with Crippen LogP contribution in [0.4, 0.5) is 10.1 Å². The number of anilines is 1. The summed E-state index contributed by atoms with van der Waals surface area (Å²) in [6.07, 6.45) is -0.506. The number of carbonyl (C=O) groups is 2. The van der Waals surface area contributed by atoms with E-state index in [1.54, 1.807) is 36.4 Å². The first-order valence-electron chi connectivity index (χ1n) is 8.52. The molecule has 1 aliphatic rings. The van der Waals surface area contributed by atoms with Gasteiger partial charge in [0, 0.05) is 16.1 Å². The Labute approximate surface area is 161 Å². The van der Waals surface area contributed by atoms with E-state index in [-0.39, 0.29) is 24.1 Å². The van der Waals surface area contributed by atoms with Crippen molar-refractivity contribution in [2.24, 2.45) is 11.8 Å². The molecule has 142 valence electrons. The number of hydrogen-bond donors (Lipinski definition) is 2. The topological polar surface area (TPSA) is 75.6 Å². The number of aliphatic hydroxyl groups excluding tert-OH is 1. The summed E-state index contributed by atoms with van der Waals surface area (Å²) in [6, 6.07) is 11.4. The van der Waals surface area contributed by atoms with Crippen molar-refractivity contribution in [2.45, 2.75) is 18.9 Å². The molecule has 1 fully saturated rings. The van der Waals surface area contributed by atoms with Crippen LogP contribution in [-0.2, 0) is 14.3 Å². The predicted octanol–water partition coefficient (Wildman–Crippen LogP) is 3.64. The Morgan fingerprint density at radius 3 is 2.48 bits per heavy atom. The van der Waals surface area contributed by atoms with Gasteiger partial charge < -0.3 is 15.2 Å². The number of esters is 1. The molecule has 2 aromatic rings. The summed E-state index contributed by atoms with van der Waals surface area (Å²) in [6.45, 7) is 0. The van der Waals surface area contributed by atoms with E-state index < -0.39 is 35.6 Å². The fraction of sp³-hybridized carbons (Fsp3) is 0.300. The highest BCUT2D eigenvalue weighted by atomic mass is 35.5. The van der Waals surface area contributed by atoms with Gasteiger partial charge in [-0.25, -0.2) is 4.39 Å². The van der Waals surface area contributed by atoms with Gasteiger partial charge in [-0.1, -0.05) is 41.9 Å². The van der Waals surface area contributed by atoms with Crippen molar-refractivity contribution < 1.29 is 23.8 Å². The highest BCUT2D eigenvalue weighted by Crippen LogP contribution is 2.36. The van der Waals surface area contributed by atoms with E-state index in [9.17, 15) is 19.1 Å². The molecule has 2 aromatic carbocycles. The third kappa shape index (κ3) is 3.96. The van der Waals surface area contributed by atoms with Gasteiger partial charge >= 0.3 is 5.97 Å². The van der Waals surface area contributed by atoms with Gasteiger partial charge in [-0.2, -0.15) is 0 Å². The predicted molar refractivity (Wildman–Crippen MR) is 99.7 cm³/mol. The molecule has 0 heterocycles. The Morgan fingerprint density at radius 2 is 1.78 bits per heavy atom. The van der Waals surface area contributed by atoms with Crippen LogP contribution < -0.4 is 5.32 Å². The van der Waals surface area contributed by atoms with Crippen LogP contribution in [0.1, 0.15) is 12.8 Å². The van der Waals surface area contributed by atoms with Gasteiger partial charge in [0.1, 0.15) is 0 Å². The second-order valence-corrected chi connectivity index (χ2v) is 6.90. The zero-order chi connectivity index (χ0) is 19.6. The number of rotatable bonds is 4. The van der Waals surface area contributed by atoms with Gasteiger partial charge in [0.2, 0.25) is 5.91 Å². The lowest BCUT2D eigenvalue weighted by molar-refractivity contribution is -0.148. The van der Waals surface area contributed by atoms with E-state index in [1.165, 1.54) is 13.2 Å². The number of halogens is 2. The summed E-state index contributed by atoms with van der Waals surface area (Å²) >= 11 is 6.15. The quantitative estimate of drug-likeness (QED) is 0.780. The van der Waals surface area contributed by atoms with Gasteiger partial charge in [0.05, 0.1) is 30.7 Å². The normalized spacial score (nSPS) is 21.7. The van der Waals surface area contributed by atoms with Crippen molar-refractivity contribution in [2.75, 3.05) is 12.4 Å². The van der Waals surface area contributed by atoms with Crippen molar-refractivity contribution in [3.63, 3.8) is 0 Å². The smallest absolute Gasteiger partial charge is 0.309 e. The van der Waals surface area contributed by atoms with Gasteiger partial charge in [-0.15, -0.1) is 0 Å². The molecule has 0 aliphatic heterocycles. The Morgan fingerprint density at radius 1 is 1.11 bits per heavy atom. The molecule has 0 aromatic heterocycles. The second kappa shape index (κ2) is 8.06. The molecular weight excluding hydrogens is 373 g/mol. The highest BCUT2D eigenvalue weighted by Gasteiger charge is 2.43. The first kappa shape index (κ1) is 19.3. The zero-order valence-corrected chi connectivity index (χ0v) is 15.4. The van der Waals surface area contributed by atoms with Crippen LogP contribution in [0.2, 0.25) is 5.02 Å². The van der Waals surface area contributed by atoms with Crippen LogP contribution >= 0.6 is 11.6 Å². The van der Waals surface area contributed by atoms with Crippen LogP contribution in [0.5, 0.6) is 0 Å². The summed E-state index contributed by atoms with van der Waals surface area (Å²) in [7, 11) is 1.23. The molecule has 3 atom stereocenters. The maximum absolute atomic E-state index is 15.0. The Hall–Kier alpha value is -2.44. The Kier molecular flexibility index (Phi) is 5.77. The van der Waals surface area contributed by atoms with Crippen molar-refractivity contribution in [3.8, 4) is 11.1 Å². The summed E-state index contributed by atoms with van der Waals surface area (Å²) in [5.41, 5.74) is 0.758. The van der Waals surface area contributed by atoms with E-state index in [2.05, 4.69) is 5.32 Å². The minimum atomic E-state index is -0.782. The first-order valence-corrected chi connectivity index (χ1v) is 8.90. The number of benzene rings is 2. The Balaban J connectivity index is 1.86. The fourth-order valence-corrected chi connectivity index (χ4v) is 3.69. The molecular formula is C20H19ClFNO4. The van der Waals surface area contributed by atoms with Crippen molar-refractivity contribution in [3.05, 3.63) is 53.3 Å². The van der Waals surface area contributed by atoms with E-state index in [1.807, 2.05) is 0 Å². The van der Waals surface area contributed by atoms with Crippen LogP contribution in [0.3, 0.4) is 0 Å². The molecule has 27 heavy (non-hydrogen) atoms. The van der Waals surface area contributed by atoms with Gasteiger partial charge in [0.15, 0.2) is 5.82 Å². The number of nitrogens with one attached hydrogen (secondary N) is 1. The monoisotopic (exact) mass is 391 g/mol. The molecule has 0 unspecified atom stereocenters. The molecule has 0 spiro atoms. The standard InChI is InChI=1S/C20H19ClFNO4/c1-27-20(26)15-10-11(24)9-14(15)19(25)23-17-8-4-6-13(18(17)22)12-5-2-3-7-16(12)21/h2-8,11,14-15,24H,9-10H2,1H3,(H,23,25)/t11-,14-,15-/m1/s1. The average molecular weight is 392 g/mol. The number of methoxy groups -OCH3 is 1. The molecule has 0 saturated heterocycles. The fourth-order valence-electron chi connectivity index (χ4n) is 3.45. The van der Waals surface area contributed by atoms with Crippen LogP contribution in [0.25, 0.3) is 11.1 Å². The zero-order valence-electron chi connectivity index (χ0n) is 14.6. The van der Waals surface area contributed by atoms with E-state index in [0.29, 0.717) is 10.6 Å². The lowest BCUT2D eigenvalue weighted by atomic mass is 9.95. The molecule has 3 rings (SSSR count). The van der Waals surface area contributed by atoms with Crippen LogP contribution in [0, 0.1) is 17.7 Å². The van der Waals surface area contributed by atoms with Crippen molar-refractivity contribution >= 4 is 29.2 Å². The van der Waals surface area contributed by atoms with Crippen molar-refractivity contribution in [1.82, 2.24) is 0 Å². The summed E-state index contributed by atoms with van der Waals surface area (Å²) in [5, 5.41) is 12.8. The molecule has 7 heteroatoms. The molecule has 0 radical (unpaired) electrons. The third-order valence-corrected chi connectivity index (χ3v) is 5.13. The van der Waals surface area contributed by atoms with Gasteiger partial charge in [0.25, 0.3) is 0 Å². The number of carbonyl (C=O) groups excluding carboxylic acids is 2. The van der Waals surface area contributed by atoms with E-state index >= 15 is 0 Å². The maximum atomic E-state index is 15.0. The highest BCUT2D eigenvalue weighted by molar-refractivity contribution is 6.33. The summed E-state index contributed by atoms with van der Waals surface area (Å²) in [4.78, 5) is 24.5. The van der Waals surface area contributed by atoms with Gasteiger partial charge in [-0.3, -0.25) is 9.59 Å². The number of amides is 1. The first-order chi connectivity index (χ1) is 12.9. The van der Waals surface area contributed by atoms with E-state index in [4.69, 9.17) is 16.3 Å². The number of aliphatic hydroxyl groups is 1. The minimum Gasteiger partial charge on any atom is -0.469 e. The van der Waals surface area contributed by atoms with Crippen LogP contribution in [-0.4, -0.2) is 30.2 Å².